The molecular formula is C13H19N3O3S. The van der Waals surface area contributed by atoms with Gasteiger partial charge < -0.3 is 10.2 Å². The molecule has 7 heteroatoms. The average Bonchev–Trinajstić information content (AvgIpc) is 2.39. The Kier molecular flexibility index (Phi) is 4.27. The number of piperidine rings is 1. The fourth-order valence-electron chi connectivity index (χ4n) is 2.09. The van der Waals surface area contributed by atoms with Crippen LogP contribution in [0.2, 0.25) is 0 Å². The number of rotatable bonds is 2. The predicted octanol–water partition coefficient (Wildman–Crippen LogP) is 1.75. The Morgan fingerprint density at radius 2 is 2.00 bits per heavy atom. The van der Waals surface area contributed by atoms with Gasteiger partial charge in [0.25, 0.3) is 0 Å². The van der Waals surface area contributed by atoms with E-state index in [9.17, 15) is 13.2 Å². The highest BCUT2D eigenvalue weighted by Gasteiger charge is 2.20. The Morgan fingerprint density at radius 1 is 1.35 bits per heavy atom. The molecule has 20 heavy (non-hydrogen) atoms. The van der Waals surface area contributed by atoms with Crippen LogP contribution in [0.1, 0.15) is 19.8 Å². The molecule has 6 nitrogen and oxygen atoms in total. The maximum atomic E-state index is 12.0. The van der Waals surface area contributed by atoms with Gasteiger partial charge in [-0.05, 0) is 30.9 Å². The number of anilines is 1. The zero-order chi connectivity index (χ0) is 14.8. The van der Waals surface area contributed by atoms with E-state index in [0.717, 1.165) is 32.2 Å². The fraction of sp³-hybridized carbons (Fsp3) is 0.538. The van der Waals surface area contributed by atoms with Crippen LogP contribution in [0.5, 0.6) is 0 Å². The standard InChI is InChI=1S/C13H19N3O3S/c1-10-5-7-16(8-6-10)13(17)15-11-3-4-12(14-9-11)20(2,18)19/h3-4,9-10H,5-8H2,1-2H3,(H,15,17). The molecule has 0 spiro atoms. The number of nitrogens with zero attached hydrogens (tertiary/aromatic N) is 2. The van der Waals surface area contributed by atoms with Gasteiger partial charge in [-0.3, -0.25) is 0 Å². The first kappa shape index (κ1) is 14.8. The lowest BCUT2D eigenvalue weighted by molar-refractivity contribution is 0.186. The quantitative estimate of drug-likeness (QED) is 0.902. The van der Waals surface area contributed by atoms with Crippen molar-refractivity contribution < 1.29 is 13.2 Å². The third kappa shape index (κ3) is 3.69. The average molecular weight is 297 g/mol. The number of pyridine rings is 1. The number of aromatic nitrogens is 1. The molecule has 0 atom stereocenters. The monoisotopic (exact) mass is 297 g/mol. The first-order chi connectivity index (χ1) is 9.36. The van der Waals surface area contributed by atoms with Gasteiger partial charge in [-0.25, -0.2) is 18.2 Å². The third-order valence-electron chi connectivity index (χ3n) is 3.44. The van der Waals surface area contributed by atoms with Crippen LogP contribution in [0.3, 0.4) is 0 Å². The number of hydrogen-bond donors (Lipinski definition) is 1. The molecule has 2 amide bonds. The van der Waals surface area contributed by atoms with Crippen LogP contribution in [0.25, 0.3) is 0 Å². The first-order valence-electron chi connectivity index (χ1n) is 6.58. The predicted molar refractivity (Wildman–Crippen MR) is 76.3 cm³/mol. The van der Waals surface area contributed by atoms with Gasteiger partial charge in [0.2, 0.25) is 0 Å². The lowest BCUT2D eigenvalue weighted by Crippen LogP contribution is -2.40. The molecular weight excluding hydrogens is 278 g/mol. The lowest BCUT2D eigenvalue weighted by Gasteiger charge is -2.30. The van der Waals surface area contributed by atoms with Crippen molar-refractivity contribution >= 4 is 21.6 Å². The molecule has 110 valence electrons. The molecule has 1 saturated heterocycles. The van der Waals surface area contributed by atoms with Crippen molar-refractivity contribution in [2.45, 2.75) is 24.8 Å². The van der Waals surface area contributed by atoms with E-state index in [0.29, 0.717) is 11.6 Å². The topological polar surface area (TPSA) is 79.4 Å². The summed E-state index contributed by atoms with van der Waals surface area (Å²) in [4.78, 5) is 17.6. The second kappa shape index (κ2) is 5.78. The van der Waals surface area contributed by atoms with Crippen LogP contribution >= 0.6 is 0 Å². The van der Waals surface area contributed by atoms with Crippen molar-refractivity contribution in [1.29, 1.82) is 0 Å². The van der Waals surface area contributed by atoms with E-state index in [1.165, 1.54) is 12.3 Å². The van der Waals surface area contributed by atoms with Crippen molar-refractivity contribution in [1.82, 2.24) is 9.88 Å². The minimum Gasteiger partial charge on any atom is -0.325 e. The number of nitrogens with one attached hydrogen (secondary N) is 1. The van der Waals surface area contributed by atoms with Crippen LogP contribution in [0.15, 0.2) is 23.4 Å². The van der Waals surface area contributed by atoms with Gasteiger partial charge in [0.15, 0.2) is 14.9 Å². The summed E-state index contributed by atoms with van der Waals surface area (Å²) in [6, 6.07) is 2.78. The molecule has 1 N–H and O–H groups in total. The molecule has 1 aromatic rings. The molecule has 1 fully saturated rings. The van der Waals surface area contributed by atoms with Crippen LogP contribution < -0.4 is 5.32 Å². The summed E-state index contributed by atoms with van der Waals surface area (Å²) in [5.41, 5.74) is 0.501. The molecule has 0 radical (unpaired) electrons. The molecule has 0 aromatic carbocycles. The van der Waals surface area contributed by atoms with Crippen molar-refractivity contribution in [3.8, 4) is 0 Å². The molecule has 1 aromatic heterocycles. The summed E-state index contributed by atoms with van der Waals surface area (Å²) in [5, 5.41) is 2.74. The highest BCUT2D eigenvalue weighted by molar-refractivity contribution is 7.90. The summed E-state index contributed by atoms with van der Waals surface area (Å²) in [7, 11) is -3.31. The summed E-state index contributed by atoms with van der Waals surface area (Å²) in [6.45, 7) is 3.69. The zero-order valence-electron chi connectivity index (χ0n) is 11.7. The number of hydrogen-bond acceptors (Lipinski definition) is 4. The molecule has 0 aliphatic carbocycles. The molecule has 2 heterocycles. The molecule has 1 aliphatic heterocycles. The van der Waals surface area contributed by atoms with E-state index >= 15 is 0 Å². The van der Waals surface area contributed by atoms with E-state index in [1.54, 1.807) is 11.0 Å². The number of carbonyl (C=O) groups excluding carboxylic acids is 1. The number of sulfone groups is 1. The summed E-state index contributed by atoms with van der Waals surface area (Å²) < 4.78 is 22.6. The van der Waals surface area contributed by atoms with Gasteiger partial charge in [-0.2, -0.15) is 0 Å². The highest BCUT2D eigenvalue weighted by Crippen LogP contribution is 2.17. The number of likely N-dealkylation sites (tertiary alicyclic amines) is 1. The fourth-order valence-corrected chi connectivity index (χ4v) is 2.65. The number of amides is 2. The SMILES string of the molecule is CC1CCN(C(=O)Nc2ccc(S(C)(=O)=O)nc2)CC1. The van der Waals surface area contributed by atoms with Gasteiger partial charge in [0.05, 0.1) is 11.9 Å². The molecule has 1 aliphatic rings. The van der Waals surface area contributed by atoms with Crippen LogP contribution in [-0.4, -0.2) is 43.7 Å². The Balaban J connectivity index is 1.98. The molecule has 0 saturated carbocycles. The Bertz CT molecular complexity index is 575. The van der Waals surface area contributed by atoms with Crippen LogP contribution in [0.4, 0.5) is 10.5 Å². The van der Waals surface area contributed by atoms with Gasteiger partial charge >= 0.3 is 6.03 Å². The number of carbonyl (C=O) groups is 1. The second-order valence-electron chi connectivity index (χ2n) is 5.26. The molecule has 0 unspecified atom stereocenters. The zero-order valence-corrected chi connectivity index (χ0v) is 12.5. The van der Waals surface area contributed by atoms with Crippen LogP contribution in [-0.2, 0) is 9.84 Å². The molecule has 0 bridgehead atoms. The maximum Gasteiger partial charge on any atom is 0.321 e. The van der Waals surface area contributed by atoms with E-state index < -0.39 is 9.84 Å². The minimum atomic E-state index is -3.31. The normalized spacial score (nSPS) is 17.0. The number of urea groups is 1. The Morgan fingerprint density at radius 3 is 2.50 bits per heavy atom. The summed E-state index contributed by atoms with van der Waals surface area (Å²) in [5.74, 6) is 0.662. The van der Waals surface area contributed by atoms with Gasteiger partial charge in [0.1, 0.15) is 0 Å². The first-order valence-corrected chi connectivity index (χ1v) is 8.47. The van der Waals surface area contributed by atoms with Crippen molar-refractivity contribution in [3.05, 3.63) is 18.3 Å². The molecule has 2 rings (SSSR count). The second-order valence-corrected chi connectivity index (χ2v) is 7.22. The highest BCUT2D eigenvalue weighted by atomic mass is 32.2. The summed E-state index contributed by atoms with van der Waals surface area (Å²) in [6.07, 6.45) is 4.49. The van der Waals surface area contributed by atoms with Crippen molar-refractivity contribution in [3.63, 3.8) is 0 Å². The van der Waals surface area contributed by atoms with Gasteiger partial charge in [-0.1, -0.05) is 6.92 Å². The van der Waals surface area contributed by atoms with E-state index in [4.69, 9.17) is 0 Å². The van der Waals surface area contributed by atoms with E-state index in [2.05, 4.69) is 17.2 Å². The third-order valence-corrected chi connectivity index (χ3v) is 4.44. The summed E-state index contributed by atoms with van der Waals surface area (Å²) >= 11 is 0. The van der Waals surface area contributed by atoms with Crippen LogP contribution in [0, 0.1) is 5.92 Å². The largest absolute Gasteiger partial charge is 0.325 e. The van der Waals surface area contributed by atoms with E-state index in [1.807, 2.05) is 0 Å². The minimum absolute atomic E-state index is 0.00213. The Labute approximate surface area is 119 Å². The Hall–Kier alpha value is -1.63. The van der Waals surface area contributed by atoms with Gasteiger partial charge in [0, 0.05) is 19.3 Å². The van der Waals surface area contributed by atoms with Crippen molar-refractivity contribution in [2.75, 3.05) is 24.7 Å². The van der Waals surface area contributed by atoms with Crippen molar-refractivity contribution in [2.24, 2.45) is 5.92 Å². The van der Waals surface area contributed by atoms with Gasteiger partial charge in [-0.15, -0.1) is 0 Å². The van der Waals surface area contributed by atoms with E-state index in [-0.39, 0.29) is 11.1 Å². The maximum absolute atomic E-state index is 12.0. The smallest absolute Gasteiger partial charge is 0.321 e. The lowest BCUT2D eigenvalue weighted by atomic mass is 10.00.